The van der Waals surface area contributed by atoms with Crippen molar-refractivity contribution in [3.63, 3.8) is 0 Å². The number of anilines is 2. The number of rotatable bonds is 9. The van der Waals surface area contributed by atoms with E-state index in [1.807, 2.05) is 37.3 Å². The number of aryl methyl sites for hydroxylation is 1. The SMILES string of the molecule is CC[C@@H](CC(=O)N1C(=O)[C@H](Cc2ccnc(NC)c2)[C@H]1C(=O)N(C)c1ccnn1C)c1cccc(Cl)c1. The third-order valence-corrected chi connectivity index (χ3v) is 7.21. The van der Waals surface area contributed by atoms with E-state index in [4.69, 9.17) is 11.6 Å². The summed E-state index contributed by atoms with van der Waals surface area (Å²) in [5.41, 5.74) is 1.79. The fourth-order valence-electron chi connectivity index (χ4n) is 4.87. The van der Waals surface area contributed by atoms with Gasteiger partial charge in [-0.2, -0.15) is 5.10 Å². The van der Waals surface area contributed by atoms with Crippen LogP contribution in [0.25, 0.3) is 0 Å². The lowest BCUT2D eigenvalue weighted by Gasteiger charge is -2.46. The summed E-state index contributed by atoms with van der Waals surface area (Å²) in [6.45, 7) is 1.99. The van der Waals surface area contributed by atoms with Crippen molar-refractivity contribution in [3.05, 3.63) is 71.0 Å². The first kappa shape index (κ1) is 26.3. The molecular formula is C27H31ClN6O3. The summed E-state index contributed by atoms with van der Waals surface area (Å²) in [5.74, 6) is -0.588. The molecule has 1 fully saturated rings. The molecule has 1 aliphatic heterocycles. The molecule has 4 rings (SSSR count). The number of nitrogens with zero attached hydrogens (tertiary/aromatic N) is 5. The van der Waals surface area contributed by atoms with Gasteiger partial charge in [0.05, 0.1) is 12.1 Å². The van der Waals surface area contributed by atoms with Gasteiger partial charge in [0.1, 0.15) is 17.7 Å². The minimum absolute atomic E-state index is 0.105. The monoisotopic (exact) mass is 522 g/mol. The van der Waals surface area contributed by atoms with Crippen LogP contribution in [0.15, 0.2) is 54.9 Å². The minimum atomic E-state index is -0.914. The largest absolute Gasteiger partial charge is 0.373 e. The van der Waals surface area contributed by atoms with Gasteiger partial charge in [0.2, 0.25) is 11.8 Å². The van der Waals surface area contributed by atoms with Gasteiger partial charge < -0.3 is 5.32 Å². The number of β-lactam (4-membered cyclic amide) rings is 1. The number of halogens is 1. The van der Waals surface area contributed by atoms with Crippen LogP contribution in [0.1, 0.15) is 36.8 Å². The molecule has 0 unspecified atom stereocenters. The number of benzene rings is 1. The summed E-state index contributed by atoms with van der Waals surface area (Å²) in [6.07, 6.45) is 4.37. The van der Waals surface area contributed by atoms with Gasteiger partial charge in [-0.3, -0.25) is 28.9 Å². The molecule has 0 aliphatic carbocycles. The highest BCUT2D eigenvalue weighted by Gasteiger charge is 2.55. The number of pyridine rings is 1. The number of carbonyl (C=O) groups is 3. The quantitative estimate of drug-likeness (QED) is 0.430. The van der Waals surface area contributed by atoms with Crippen LogP contribution in [-0.2, 0) is 27.9 Å². The fraction of sp³-hybridized carbons (Fsp3) is 0.370. The van der Waals surface area contributed by atoms with E-state index >= 15 is 0 Å². The van der Waals surface area contributed by atoms with E-state index in [9.17, 15) is 14.4 Å². The third-order valence-electron chi connectivity index (χ3n) is 6.97. The molecule has 194 valence electrons. The van der Waals surface area contributed by atoms with Crippen LogP contribution in [-0.4, -0.2) is 57.5 Å². The van der Waals surface area contributed by atoms with Gasteiger partial charge in [-0.25, -0.2) is 4.98 Å². The average Bonchev–Trinajstić information content (AvgIpc) is 3.33. The highest BCUT2D eigenvalue weighted by Crippen LogP contribution is 2.35. The summed E-state index contributed by atoms with van der Waals surface area (Å²) in [7, 11) is 5.13. The average molecular weight is 523 g/mol. The van der Waals surface area contributed by atoms with Crippen molar-refractivity contribution < 1.29 is 14.4 Å². The molecule has 3 amide bonds. The van der Waals surface area contributed by atoms with Crippen molar-refractivity contribution in [3.8, 4) is 0 Å². The Morgan fingerprint density at radius 2 is 1.97 bits per heavy atom. The Kier molecular flexibility index (Phi) is 7.92. The number of amides is 3. The van der Waals surface area contributed by atoms with E-state index in [1.54, 1.807) is 50.4 Å². The summed E-state index contributed by atoms with van der Waals surface area (Å²) in [5, 5.41) is 7.71. The van der Waals surface area contributed by atoms with Gasteiger partial charge in [0.15, 0.2) is 0 Å². The zero-order valence-electron chi connectivity index (χ0n) is 21.4. The van der Waals surface area contributed by atoms with Gasteiger partial charge >= 0.3 is 0 Å². The minimum Gasteiger partial charge on any atom is -0.373 e. The van der Waals surface area contributed by atoms with Gasteiger partial charge in [-0.15, -0.1) is 0 Å². The van der Waals surface area contributed by atoms with Crippen molar-refractivity contribution in [2.75, 3.05) is 24.3 Å². The maximum atomic E-state index is 13.7. The molecule has 3 heterocycles. The predicted octanol–water partition coefficient (Wildman–Crippen LogP) is 3.65. The molecule has 1 aliphatic rings. The topological polar surface area (TPSA) is 100 Å². The predicted molar refractivity (Wildman–Crippen MR) is 142 cm³/mol. The first-order chi connectivity index (χ1) is 17.7. The summed E-state index contributed by atoms with van der Waals surface area (Å²) < 4.78 is 1.58. The smallest absolute Gasteiger partial charge is 0.252 e. The molecule has 0 bridgehead atoms. The van der Waals surface area contributed by atoms with Gasteiger partial charge in [-0.1, -0.05) is 30.7 Å². The van der Waals surface area contributed by atoms with Gasteiger partial charge in [0, 0.05) is 44.8 Å². The normalized spacial score (nSPS) is 17.8. The molecule has 3 aromatic rings. The first-order valence-electron chi connectivity index (χ1n) is 12.2. The lowest BCUT2D eigenvalue weighted by Crippen LogP contribution is -2.69. The number of nitrogens with one attached hydrogen (secondary N) is 1. The molecule has 10 heteroatoms. The van der Waals surface area contributed by atoms with E-state index in [1.165, 1.54) is 4.90 Å². The third kappa shape index (κ3) is 5.36. The number of likely N-dealkylation sites (N-methyl/N-ethyl adjacent to an activating group) is 1. The Morgan fingerprint density at radius 3 is 2.62 bits per heavy atom. The van der Waals surface area contributed by atoms with Gasteiger partial charge in [-0.05, 0) is 54.2 Å². The second-order valence-corrected chi connectivity index (χ2v) is 9.67. The first-order valence-corrected chi connectivity index (χ1v) is 12.6. The highest BCUT2D eigenvalue weighted by molar-refractivity contribution is 6.30. The molecule has 0 spiro atoms. The molecule has 1 aromatic carbocycles. The number of likely N-dealkylation sites (tertiary alicyclic amines) is 1. The number of aromatic nitrogens is 3. The van der Waals surface area contributed by atoms with Crippen molar-refractivity contribution >= 4 is 41.0 Å². The Hall–Kier alpha value is -3.72. The molecule has 0 radical (unpaired) electrons. The van der Waals surface area contributed by atoms with Crippen LogP contribution < -0.4 is 10.2 Å². The van der Waals surface area contributed by atoms with Crippen LogP contribution in [0.4, 0.5) is 11.6 Å². The number of imide groups is 1. The van der Waals surface area contributed by atoms with Crippen LogP contribution in [0, 0.1) is 5.92 Å². The highest BCUT2D eigenvalue weighted by atomic mass is 35.5. The van der Waals surface area contributed by atoms with Crippen molar-refractivity contribution in [1.82, 2.24) is 19.7 Å². The zero-order valence-corrected chi connectivity index (χ0v) is 22.1. The Bertz CT molecular complexity index is 1310. The van der Waals surface area contributed by atoms with Crippen molar-refractivity contribution in [1.29, 1.82) is 0 Å². The number of hydrogen-bond donors (Lipinski definition) is 1. The van der Waals surface area contributed by atoms with Crippen LogP contribution >= 0.6 is 11.6 Å². The Labute approximate surface area is 221 Å². The van der Waals surface area contributed by atoms with E-state index in [0.717, 1.165) is 16.0 Å². The van der Waals surface area contributed by atoms with Crippen LogP contribution in [0.2, 0.25) is 5.02 Å². The number of carbonyl (C=O) groups excluding carboxylic acids is 3. The van der Waals surface area contributed by atoms with E-state index in [-0.39, 0.29) is 30.1 Å². The maximum absolute atomic E-state index is 13.7. The molecule has 1 N–H and O–H groups in total. The van der Waals surface area contributed by atoms with Gasteiger partial charge in [0.25, 0.3) is 5.91 Å². The molecule has 9 nitrogen and oxygen atoms in total. The molecule has 0 saturated carbocycles. The molecule has 37 heavy (non-hydrogen) atoms. The second kappa shape index (κ2) is 11.1. The van der Waals surface area contributed by atoms with E-state index in [0.29, 0.717) is 29.5 Å². The standard InChI is InChI=1S/C27H31ClN6O3/c1-5-18(19-7-6-8-20(28)15-19)16-24(35)34-25(27(37)32(3)23-10-12-31-33(23)4)21(26(34)36)13-17-9-11-30-22(14-17)29-2/h6-12,14-15,18,21,25H,5,13,16H2,1-4H3,(H,29,30)/t18-,21+,25-/m0/s1. The zero-order chi connectivity index (χ0) is 26.7. The molecular weight excluding hydrogens is 492 g/mol. The summed E-state index contributed by atoms with van der Waals surface area (Å²) in [4.78, 5) is 47.4. The fourth-order valence-corrected chi connectivity index (χ4v) is 5.07. The maximum Gasteiger partial charge on any atom is 0.252 e. The molecule has 3 atom stereocenters. The molecule has 2 aromatic heterocycles. The van der Waals surface area contributed by atoms with Crippen molar-refractivity contribution in [2.24, 2.45) is 13.0 Å². The lowest BCUT2D eigenvalue weighted by molar-refractivity contribution is -0.170. The van der Waals surface area contributed by atoms with E-state index < -0.39 is 12.0 Å². The Morgan fingerprint density at radius 1 is 1.19 bits per heavy atom. The summed E-state index contributed by atoms with van der Waals surface area (Å²) >= 11 is 6.17. The van der Waals surface area contributed by atoms with E-state index in [2.05, 4.69) is 15.4 Å². The van der Waals surface area contributed by atoms with Crippen LogP contribution in [0.5, 0.6) is 0 Å². The second-order valence-electron chi connectivity index (χ2n) is 9.23. The number of hydrogen-bond acceptors (Lipinski definition) is 6. The lowest BCUT2D eigenvalue weighted by atomic mass is 9.80. The summed E-state index contributed by atoms with van der Waals surface area (Å²) in [6, 6.07) is 11.9. The van der Waals surface area contributed by atoms with Crippen molar-refractivity contribution in [2.45, 2.75) is 38.1 Å². The molecule has 1 saturated heterocycles. The Balaban J connectivity index is 1.61. The van der Waals surface area contributed by atoms with Crippen LogP contribution in [0.3, 0.4) is 0 Å².